The predicted molar refractivity (Wildman–Crippen MR) is 80.7 cm³/mol. The van der Waals surface area contributed by atoms with E-state index >= 15 is 0 Å². The SMILES string of the molecule is Cc1nc(C)c(C(C)NC(C)c2ccc(F)cc2)c(=O)[nH]1. The number of H-pyrrole nitrogens is 1. The topological polar surface area (TPSA) is 57.8 Å². The summed E-state index contributed by atoms with van der Waals surface area (Å²) in [7, 11) is 0. The summed E-state index contributed by atoms with van der Waals surface area (Å²) in [6.07, 6.45) is 0. The third kappa shape index (κ3) is 3.55. The number of nitrogens with one attached hydrogen (secondary N) is 2. The van der Waals surface area contributed by atoms with Crippen LogP contribution < -0.4 is 10.9 Å². The Labute approximate surface area is 123 Å². The van der Waals surface area contributed by atoms with Crippen LogP contribution in [0.5, 0.6) is 0 Å². The summed E-state index contributed by atoms with van der Waals surface area (Å²) in [5.74, 6) is 0.356. The Morgan fingerprint density at radius 3 is 2.33 bits per heavy atom. The molecule has 0 aliphatic carbocycles. The molecule has 0 aliphatic heterocycles. The smallest absolute Gasteiger partial charge is 0.255 e. The Balaban J connectivity index is 2.20. The second-order valence-corrected chi connectivity index (χ2v) is 5.31. The van der Waals surface area contributed by atoms with Crippen LogP contribution in [0.2, 0.25) is 0 Å². The molecule has 1 aromatic carbocycles. The van der Waals surface area contributed by atoms with Crippen molar-refractivity contribution >= 4 is 0 Å². The van der Waals surface area contributed by atoms with E-state index in [-0.39, 0.29) is 23.5 Å². The van der Waals surface area contributed by atoms with E-state index in [9.17, 15) is 9.18 Å². The molecule has 0 fully saturated rings. The molecule has 2 N–H and O–H groups in total. The van der Waals surface area contributed by atoms with Crippen molar-refractivity contribution in [3.05, 3.63) is 63.1 Å². The lowest BCUT2D eigenvalue weighted by atomic mass is 10.0. The van der Waals surface area contributed by atoms with Crippen LogP contribution >= 0.6 is 0 Å². The van der Waals surface area contributed by atoms with Crippen LogP contribution in [-0.4, -0.2) is 9.97 Å². The van der Waals surface area contributed by atoms with E-state index in [0.29, 0.717) is 11.4 Å². The largest absolute Gasteiger partial charge is 0.310 e. The molecule has 0 bridgehead atoms. The first-order chi connectivity index (χ1) is 9.88. The van der Waals surface area contributed by atoms with Crippen LogP contribution in [0, 0.1) is 19.7 Å². The van der Waals surface area contributed by atoms with Crippen LogP contribution in [-0.2, 0) is 0 Å². The van der Waals surface area contributed by atoms with Crippen LogP contribution in [0.3, 0.4) is 0 Å². The van der Waals surface area contributed by atoms with Gasteiger partial charge in [0.2, 0.25) is 0 Å². The average molecular weight is 289 g/mol. The van der Waals surface area contributed by atoms with Gasteiger partial charge in [-0.05, 0) is 45.4 Å². The molecule has 0 aliphatic rings. The fourth-order valence-electron chi connectivity index (χ4n) is 2.55. The predicted octanol–water partition coefficient (Wildman–Crippen LogP) is 2.94. The van der Waals surface area contributed by atoms with Crippen molar-refractivity contribution in [3.63, 3.8) is 0 Å². The maximum absolute atomic E-state index is 12.9. The number of aromatic amines is 1. The molecule has 112 valence electrons. The maximum atomic E-state index is 12.9. The number of aryl methyl sites for hydroxylation is 2. The molecule has 21 heavy (non-hydrogen) atoms. The number of hydrogen-bond donors (Lipinski definition) is 2. The number of halogens is 1. The molecule has 1 aromatic heterocycles. The van der Waals surface area contributed by atoms with Gasteiger partial charge < -0.3 is 10.3 Å². The highest BCUT2D eigenvalue weighted by Crippen LogP contribution is 2.19. The van der Waals surface area contributed by atoms with Gasteiger partial charge in [-0.3, -0.25) is 4.79 Å². The van der Waals surface area contributed by atoms with Gasteiger partial charge >= 0.3 is 0 Å². The van der Waals surface area contributed by atoms with Crippen molar-refractivity contribution in [3.8, 4) is 0 Å². The molecule has 2 unspecified atom stereocenters. The second-order valence-electron chi connectivity index (χ2n) is 5.31. The zero-order chi connectivity index (χ0) is 15.6. The van der Waals surface area contributed by atoms with Crippen molar-refractivity contribution in [2.45, 2.75) is 39.8 Å². The van der Waals surface area contributed by atoms with Gasteiger partial charge in [-0.15, -0.1) is 0 Å². The lowest BCUT2D eigenvalue weighted by Gasteiger charge is -2.21. The summed E-state index contributed by atoms with van der Waals surface area (Å²) in [6, 6.07) is 6.20. The van der Waals surface area contributed by atoms with E-state index in [1.807, 2.05) is 20.8 Å². The fraction of sp³-hybridized carbons (Fsp3) is 0.375. The Bertz CT molecular complexity index is 679. The molecule has 0 saturated carbocycles. The van der Waals surface area contributed by atoms with Crippen LogP contribution in [0.4, 0.5) is 4.39 Å². The first kappa shape index (κ1) is 15.4. The van der Waals surface area contributed by atoms with Gasteiger partial charge in [0.1, 0.15) is 11.6 Å². The molecule has 0 radical (unpaired) electrons. The van der Waals surface area contributed by atoms with Crippen LogP contribution in [0.1, 0.15) is 48.6 Å². The summed E-state index contributed by atoms with van der Waals surface area (Å²) in [4.78, 5) is 19.1. The van der Waals surface area contributed by atoms with Crippen molar-refractivity contribution in [2.75, 3.05) is 0 Å². The molecular formula is C16H20FN3O. The molecule has 4 nitrogen and oxygen atoms in total. The van der Waals surface area contributed by atoms with Crippen molar-refractivity contribution in [1.82, 2.24) is 15.3 Å². The standard InChI is InChI=1S/C16H20FN3O/c1-9(13-5-7-14(17)8-6-13)18-10(2)15-11(3)19-12(4)20-16(15)21/h5-10,18H,1-4H3,(H,19,20,21). The zero-order valence-electron chi connectivity index (χ0n) is 12.7. The first-order valence-corrected chi connectivity index (χ1v) is 6.97. The molecule has 2 atom stereocenters. The molecule has 2 aromatic rings. The van der Waals surface area contributed by atoms with E-state index in [4.69, 9.17) is 0 Å². The van der Waals surface area contributed by atoms with Gasteiger partial charge in [-0.1, -0.05) is 12.1 Å². The van der Waals surface area contributed by atoms with E-state index in [2.05, 4.69) is 15.3 Å². The summed E-state index contributed by atoms with van der Waals surface area (Å²) >= 11 is 0. The van der Waals surface area contributed by atoms with Crippen LogP contribution in [0.25, 0.3) is 0 Å². The van der Waals surface area contributed by atoms with Crippen LogP contribution in [0.15, 0.2) is 29.1 Å². The molecule has 2 rings (SSSR count). The number of nitrogens with zero attached hydrogens (tertiary/aromatic N) is 1. The number of hydrogen-bond acceptors (Lipinski definition) is 3. The van der Waals surface area contributed by atoms with E-state index in [0.717, 1.165) is 11.3 Å². The normalized spacial score (nSPS) is 14.0. The minimum Gasteiger partial charge on any atom is -0.310 e. The first-order valence-electron chi connectivity index (χ1n) is 6.97. The van der Waals surface area contributed by atoms with Crippen molar-refractivity contribution < 1.29 is 4.39 Å². The molecule has 1 heterocycles. The molecule has 0 saturated heterocycles. The summed E-state index contributed by atoms with van der Waals surface area (Å²) < 4.78 is 12.9. The van der Waals surface area contributed by atoms with E-state index < -0.39 is 0 Å². The third-order valence-electron chi connectivity index (χ3n) is 3.57. The highest BCUT2D eigenvalue weighted by atomic mass is 19.1. The minimum absolute atomic E-state index is 0.000651. The Morgan fingerprint density at radius 1 is 1.14 bits per heavy atom. The van der Waals surface area contributed by atoms with Gasteiger partial charge in [0.15, 0.2) is 0 Å². The summed E-state index contributed by atoms with van der Waals surface area (Å²) in [5, 5.41) is 3.35. The van der Waals surface area contributed by atoms with Gasteiger partial charge in [-0.25, -0.2) is 9.37 Å². The van der Waals surface area contributed by atoms with Crippen molar-refractivity contribution in [2.24, 2.45) is 0 Å². The summed E-state index contributed by atoms with van der Waals surface area (Å²) in [6.45, 7) is 7.50. The Morgan fingerprint density at radius 2 is 1.76 bits per heavy atom. The number of benzene rings is 1. The third-order valence-corrected chi connectivity index (χ3v) is 3.57. The van der Waals surface area contributed by atoms with Crippen molar-refractivity contribution in [1.29, 1.82) is 0 Å². The van der Waals surface area contributed by atoms with E-state index in [1.54, 1.807) is 19.1 Å². The average Bonchev–Trinajstić information content (AvgIpc) is 2.37. The van der Waals surface area contributed by atoms with Gasteiger partial charge in [0.25, 0.3) is 5.56 Å². The summed E-state index contributed by atoms with van der Waals surface area (Å²) in [5.41, 5.74) is 2.21. The highest BCUT2D eigenvalue weighted by molar-refractivity contribution is 5.23. The maximum Gasteiger partial charge on any atom is 0.255 e. The Kier molecular flexibility index (Phi) is 4.53. The lowest BCUT2D eigenvalue weighted by molar-refractivity contribution is 0.487. The van der Waals surface area contributed by atoms with E-state index in [1.165, 1.54) is 12.1 Å². The van der Waals surface area contributed by atoms with Gasteiger partial charge in [-0.2, -0.15) is 0 Å². The molecule has 0 amide bonds. The molecule has 5 heteroatoms. The monoisotopic (exact) mass is 289 g/mol. The Hall–Kier alpha value is -2.01. The van der Waals surface area contributed by atoms with Gasteiger partial charge in [0.05, 0.1) is 5.56 Å². The van der Waals surface area contributed by atoms with Gasteiger partial charge in [0, 0.05) is 17.8 Å². The minimum atomic E-state index is -0.256. The number of rotatable bonds is 4. The molecular weight excluding hydrogens is 269 g/mol. The quantitative estimate of drug-likeness (QED) is 0.910. The zero-order valence-corrected chi connectivity index (χ0v) is 12.7. The second kappa shape index (κ2) is 6.18. The molecule has 0 spiro atoms. The number of aromatic nitrogens is 2. The highest BCUT2D eigenvalue weighted by Gasteiger charge is 2.17. The lowest BCUT2D eigenvalue weighted by Crippen LogP contribution is -2.29. The fourth-order valence-corrected chi connectivity index (χ4v) is 2.55.